The molecule has 0 amide bonds. The van der Waals surface area contributed by atoms with Crippen molar-refractivity contribution in [2.75, 3.05) is 0 Å². The molecule has 0 saturated carbocycles. The number of phenols is 1. The maximum atomic E-state index is 14.5. The summed E-state index contributed by atoms with van der Waals surface area (Å²) in [5, 5.41) is 16.4. The molecule has 4 aromatic rings. The minimum atomic E-state index is -0.522. The number of fused-ring (bicyclic) bond motifs is 2. The average Bonchev–Trinajstić information content (AvgIpc) is 3.17. The van der Waals surface area contributed by atoms with Gasteiger partial charge in [0, 0.05) is 29.0 Å². The number of aliphatic imine (C=N–C) groups is 1. The van der Waals surface area contributed by atoms with Gasteiger partial charge in [0.15, 0.2) is 0 Å². The normalized spacial score (nSPS) is 12.8. The van der Waals surface area contributed by atoms with E-state index in [-0.39, 0.29) is 5.75 Å². The highest BCUT2D eigenvalue weighted by Crippen LogP contribution is 2.41. The van der Waals surface area contributed by atoms with Gasteiger partial charge in [0.25, 0.3) is 0 Å². The summed E-state index contributed by atoms with van der Waals surface area (Å²) in [6.07, 6.45) is 3.31. The van der Waals surface area contributed by atoms with Gasteiger partial charge in [-0.25, -0.2) is 18.9 Å². The van der Waals surface area contributed by atoms with Crippen LogP contribution < -0.4 is 0 Å². The molecular weight excluding hydrogens is 327 g/mol. The standard InChI is InChI=1S/C17H9FN4OS/c18-13-7-9(23)1-2-10(13)14-11-3-5-22-16(11)15(19-8-20-22)12-4-6-24-17(12)21-14/h1-8,23H. The van der Waals surface area contributed by atoms with Gasteiger partial charge in [-0.3, -0.25) is 0 Å². The number of hydrogen-bond acceptors (Lipinski definition) is 5. The van der Waals surface area contributed by atoms with Gasteiger partial charge in [-0.1, -0.05) is 0 Å². The van der Waals surface area contributed by atoms with E-state index < -0.39 is 5.82 Å². The van der Waals surface area contributed by atoms with Crippen LogP contribution >= 0.6 is 11.3 Å². The third-order valence-electron chi connectivity index (χ3n) is 4.03. The van der Waals surface area contributed by atoms with Crippen molar-refractivity contribution >= 4 is 27.6 Å². The van der Waals surface area contributed by atoms with E-state index in [1.165, 1.54) is 29.8 Å². The summed E-state index contributed by atoms with van der Waals surface area (Å²) in [4.78, 5) is 9.12. The van der Waals surface area contributed by atoms with E-state index in [1.54, 1.807) is 10.7 Å². The number of phenolic OH excluding ortho intramolecular Hbond substituents is 1. The van der Waals surface area contributed by atoms with Crippen molar-refractivity contribution in [3.05, 3.63) is 65.2 Å². The van der Waals surface area contributed by atoms with E-state index in [0.29, 0.717) is 11.3 Å². The van der Waals surface area contributed by atoms with Crippen LogP contribution in [0.4, 0.5) is 9.39 Å². The first-order valence-corrected chi connectivity index (χ1v) is 8.08. The van der Waals surface area contributed by atoms with Crippen molar-refractivity contribution in [3.63, 3.8) is 0 Å². The van der Waals surface area contributed by atoms with Crippen molar-refractivity contribution in [1.29, 1.82) is 0 Å². The number of nitrogens with zero attached hydrogens (tertiary/aromatic N) is 4. The first-order chi connectivity index (χ1) is 11.7. The van der Waals surface area contributed by atoms with Gasteiger partial charge in [-0.2, -0.15) is 5.10 Å². The molecule has 5 nitrogen and oxygen atoms in total. The topological polar surface area (TPSA) is 62.8 Å². The Morgan fingerprint density at radius 1 is 1.08 bits per heavy atom. The Hall–Kier alpha value is -3.06. The Bertz CT molecular complexity index is 1140. The zero-order valence-corrected chi connectivity index (χ0v) is 13.0. The fourth-order valence-electron chi connectivity index (χ4n) is 2.97. The van der Waals surface area contributed by atoms with Crippen LogP contribution in [0.5, 0.6) is 5.75 Å². The van der Waals surface area contributed by atoms with Gasteiger partial charge < -0.3 is 5.11 Å². The van der Waals surface area contributed by atoms with E-state index in [9.17, 15) is 9.50 Å². The third-order valence-corrected chi connectivity index (χ3v) is 4.84. The van der Waals surface area contributed by atoms with Crippen LogP contribution in [-0.2, 0) is 0 Å². The number of halogens is 1. The van der Waals surface area contributed by atoms with Crippen LogP contribution in [0.2, 0.25) is 0 Å². The van der Waals surface area contributed by atoms with E-state index in [4.69, 9.17) is 4.99 Å². The number of thiophene rings is 1. The molecule has 1 aliphatic rings. The van der Waals surface area contributed by atoms with Crippen LogP contribution in [0.25, 0.3) is 16.8 Å². The molecule has 0 radical (unpaired) electrons. The number of aromatic hydroxyl groups is 1. The zero-order chi connectivity index (χ0) is 16.3. The molecule has 1 aromatic carbocycles. The zero-order valence-electron chi connectivity index (χ0n) is 12.1. The average molecular weight is 336 g/mol. The van der Waals surface area contributed by atoms with Gasteiger partial charge in [0.1, 0.15) is 34.1 Å². The second kappa shape index (κ2) is 4.72. The fourth-order valence-corrected chi connectivity index (χ4v) is 3.74. The lowest BCUT2D eigenvalue weighted by molar-refractivity contribution is 0.469. The largest absolute Gasteiger partial charge is 0.508 e. The van der Waals surface area contributed by atoms with Crippen LogP contribution in [0, 0.1) is 5.82 Å². The fraction of sp³-hybridized carbons (Fsp3) is 0. The number of benzene rings is 1. The van der Waals surface area contributed by atoms with Gasteiger partial charge in [0.2, 0.25) is 0 Å². The van der Waals surface area contributed by atoms with Crippen molar-refractivity contribution in [2.24, 2.45) is 4.99 Å². The van der Waals surface area contributed by atoms with Gasteiger partial charge in [-0.15, -0.1) is 11.3 Å². The second-order valence-electron chi connectivity index (χ2n) is 5.40. The lowest BCUT2D eigenvalue weighted by Gasteiger charge is -2.07. The molecule has 24 heavy (non-hydrogen) atoms. The van der Waals surface area contributed by atoms with Crippen LogP contribution in [0.3, 0.4) is 0 Å². The Kier molecular flexibility index (Phi) is 2.63. The molecule has 0 atom stereocenters. The van der Waals surface area contributed by atoms with Gasteiger partial charge in [0.05, 0.1) is 5.71 Å². The van der Waals surface area contributed by atoms with Gasteiger partial charge >= 0.3 is 0 Å². The van der Waals surface area contributed by atoms with Crippen LogP contribution in [0.1, 0.15) is 11.1 Å². The molecular formula is C17H9FN4OS. The molecule has 0 spiro atoms. The Balaban J connectivity index is 1.91. The SMILES string of the molecule is Oc1ccc(C2=Nc3sccc3-c3ncnn4ccc2c34)c(F)c1. The molecule has 1 N–H and O–H groups in total. The first-order valence-electron chi connectivity index (χ1n) is 7.20. The molecule has 1 aliphatic heterocycles. The highest BCUT2D eigenvalue weighted by molar-refractivity contribution is 7.14. The molecule has 0 fully saturated rings. The minimum Gasteiger partial charge on any atom is -0.508 e. The molecule has 7 heteroatoms. The van der Waals surface area contributed by atoms with Crippen molar-refractivity contribution < 1.29 is 9.50 Å². The summed E-state index contributed by atoms with van der Waals surface area (Å²) in [7, 11) is 0. The lowest BCUT2D eigenvalue weighted by Crippen LogP contribution is -2.05. The van der Waals surface area contributed by atoms with E-state index in [0.717, 1.165) is 33.4 Å². The van der Waals surface area contributed by atoms with Crippen molar-refractivity contribution in [3.8, 4) is 17.0 Å². The van der Waals surface area contributed by atoms with Gasteiger partial charge in [-0.05, 0) is 29.6 Å². The summed E-state index contributed by atoms with van der Waals surface area (Å²) in [5.74, 6) is -0.639. The maximum absolute atomic E-state index is 14.5. The van der Waals surface area contributed by atoms with Crippen LogP contribution in [0.15, 0.2) is 53.2 Å². The predicted molar refractivity (Wildman–Crippen MR) is 89.7 cm³/mol. The highest BCUT2D eigenvalue weighted by Gasteiger charge is 2.25. The van der Waals surface area contributed by atoms with Crippen LogP contribution in [-0.4, -0.2) is 25.4 Å². The number of rotatable bonds is 1. The molecule has 3 aromatic heterocycles. The highest BCUT2D eigenvalue weighted by atomic mass is 32.1. The smallest absolute Gasteiger partial charge is 0.137 e. The Morgan fingerprint density at radius 2 is 2.00 bits per heavy atom. The summed E-state index contributed by atoms with van der Waals surface area (Å²) < 4.78 is 16.2. The minimum absolute atomic E-state index is 0.118. The molecule has 0 aliphatic carbocycles. The molecule has 116 valence electrons. The number of aromatic nitrogens is 3. The number of hydrogen-bond donors (Lipinski definition) is 1. The summed E-state index contributed by atoms with van der Waals surface area (Å²) in [5.41, 5.74) is 4.07. The summed E-state index contributed by atoms with van der Waals surface area (Å²) in [6, 6.07) is 7.90. The first kappa shape index (κ1) is 13.4. The van der Waals surface area contributed by atoms with Crippen molar-refractivity contribution in [2.45, 2.75) is 0 Å². The Morgan fingerprint density at radius 3 is 2.88 bits per heavy atom. The quantitative estimate of drug-likeness (QED) is 0.507. The third kappa shape index (κ3) is 1.75. The summed E-state index contributed by atoms with van der Waals surface area (Å²) >= 11 is 1.48. The molecule has 0 unspecified atom stereocenters. The molecule has 5 rings (SSSR count). The second-order valence-corrected chi connectivity index (χ2v) is 6.29. The van der Waals surface area contributed by atoms with E-state index in [2.05, 4.69) is 10.1 Å². The molecule has 0 bridgehead atoms. The Labute approximate surface area is 139 Å². The lowest BCUT2D eigenvalue weighted by atomic mass is 10.0. The molecule has 4 heterocycles. The maximum Gasteiger partial charge on any atom is 0.137 e. The summed E-state index contributed by atoms with van der Waals surface area (Å²) in [6.45, 7) is 0. The predicted octanol–water partition coefficient (Wildman–Crippen LogP) is 3.79. The van der Waals surface area contributed by atoms with Crippen molar-refractivity contribution in [1.82, 2.24) is 14.6 Å². The van der Waals surface area contributed by atoms with E-state index >= 15 is 0 Å². The monoisotopic (exact) mass is 336 g/mol. The molecule has 0 saturated heterocycles. The van der Waals surface area contributed by atoms with E-state index in [1.807, 2.05) is 17.5 Å².